The molecule has 10 rings (SSSR count). The molecule has 8 aliphatic rings. The number of H-pyrrole nitrogens is 1. The van der Waals surface area contributed by atoms with Crippen LogP contribution in [0.25, 0.3) is 0 Å². The van der Waals surface area contributed by atoms with Gasteiger partial charge in [0, 0.05) is 11.8 Å². The molecule has 0 saturated heterocycles. The molecule has 0 aliphatic heterocycles. The number of ketones is 2. The lowest BCUT2D eigenvalue weighted by Crippen LogP contribution is -2.55. The number of fused-ring (bicyclic) bond motifs is 10. The van der Waals surface area contributed by atoms with Gasteiger partial charge in [-0.15, -0.1) is 0 Å². The number of nitrogens with zero attached hydrogens (tertiary/aromatic N) is 3. The van der Waals surface area contributed by atoms with Crippen molar-refractivity contribution in [2.75, 3.05) is 5.33 Å². The third kappa shape index (κ3) is 9.22. The van der Waals surface area contributed by atoms with Gasteiger partial charge in [-0.2, -0.15) is 8.78 Å². The predicted molar refractivity (Wildman–Crippen MR) is 250 cm³/mol. The maximum Gasteiger partial charge on any atom is 0.230 e. The van der Waals surface area contributed by atoms with Crippen LogP contribution in [0.2, 0.25) is 0 Å². The molecule has 16 atom stereocenters. The monoisotopic (exact) mass is 945 g/mol. The van der Waals surface area contributed by atoms with Crippen molar-refractivity contribution >= 4 is 27.5 Å². The summed E-state index contributed by atoms with van der Waals surface area (Å²) in [4.78, 5) is 35.0. The summed E-state index contributed by atoms with van der Waals surface area (Å²) in [5, 5.41) is 21.8. The van der Waals surface area contributed by atoms with Crippen LogP contribution >= 0.6 is 15.9 Å². The smallest absolute Gasteiger partial charge is 0.230 e. The molecule has 2 heterocycles. The molecule has 0 radical (unpaired) electrons. The average molecular weight is 946 g/mol. The number of carbonyl (C=O) groups excluding carboxylic acids is 2. The SMILES string of the molecule is C.C.C[C@@]1(O)CC[C@@]2(C)[C@H](CC[C@@H]3[C@@H]2CC[C@]2(C)[C@@H](C(=O)CBr)CC[C@@H]32)C1.C[C@@]1(O)CC[C@@]2(C)[C@H](CC[C@@H]3[C@@H]2CC[C@]2(C)[C@@H](C(=O)Cn4cnc(F)c4)CC[C@@H]32)C1.Fc1cnc[nH]1. The Morgan fingerprint density at radius 3 is 1.56 bits per heavy atom. The van der Waals surface area contributed by atoms with E-state index in [-0.39, 0.29) is 49.8 Å². The number of alkyl halides is 1. The highest BCUT2D eigenvalue weighted by molar-refractivity contribution is 9.09. The number of rotatable bonds is 5. The summed E-state index contributed by atoms with van der Waals surface area (Å²) in [6.45, 7) is 14.2. The van der Waals surface area contributed by atoms with Gasteiger partial charge in [0.15, 0.2) is 5.78 Å². The van der Waals surface area contributed by atoms with Crippen molar-refractivity contribution in [2.45, 2.75) is 190 Å². The quantitative estimate of drug-likeness (QED) is 0.257. The van der Waals surface area contributed by atoms with Crippen LogP contribution in [0.5, 0.6) is 0 Å². The summed E-state index contributed by atoms with van der Waals surface area (Å²) in [5.41, 5.74) is 0.168. The number of aromatic nitrogens is 4. The molecule has 356 valence electrons. The molecule has 63 heavy (non-hydrogen) atoms. The lowest BCUT2D eigenvalue weighted by atomic mass is 9.44. The molecule has 8 nitrogen and oxygen atoms in total. The highest BCUT2D eigenvalue weighted by atomic mass is 79.9. The molecule has 2 aromatic rings. The van der Waals surface area contributed by atoms with Gasteiger partial charge in [-0.1, -0.05) is 58.5 Å². The van der Waals surface area contributed by atoms with Crippen molar-refractivity contribution in [2.24, 2.45) is 80.8 Å². The number of carbonyl (C=O) groups is 2. The molecule has 0 spiro atoms. The van der Waals surface area contributed by atoms with Crippen molar-refractivity contribution < 1.29 is 28.6 Å². The van der Waals surface area contributed by atoms with Crippen LogP contribution in [-0.4, -0.2) is 57.8 Å². The molecular formula is C52H83BrF2N4O4. The highest BCUT2D eigenvalue weighted by Gasteiger charge is 2.63. The first-order chi connectivity index (χ1) is 28.7. The van der Waals surface area contributed by atoms with E-state index in [0.717, 1.165) is 93.6 Å². The summed E-state index contributed by atoms with van der Waals surface area (Å²) in [6, 6.07) is 0. The van der Waals surface area contributed by atoms with E-state index in [1.54, 1.807) is 4.57 Å². The van der Waals surface area contributed by atoms with E-state index < -0.39 is 23.1 Å². The van der Waals surface area contributed by atoms with Crippen molar-refractivity contribution in [3.05, 3.63) is 36.9 Å². The number of hydrogen-bond acceptors (Lipinski definition) is 6. The number of nitrogens with one attached hydrogen (secondary N) is 1. The Balaban J connectivity index is 0.000000182. The van der Waals surface area contributed by atoms with Gasteiger partial charge in [0.05, 0.1) is 48.1 Å². The average Bonchev–Trinajstić information content (AvgIpc) is 4.01. The van der Waals surface area contributed by atoms with E-state index in [9.17, 15) is 28.6 Å². The number of aliphatic hydroxyl groups is 2. The Kier molecular flexibility index (Phi) is 14.9. The van der Waals surface area contributed by atoms with Crippen LogP contribution in [0, 0.1) is 92.7 Å². The van der Waals surface area contributed by atoms with E-state index in [0.29, 0.717) is 39.7 Å². The molecule has 3 N–H and O–H groups in total. The number of Topliss-reactive ketones (excluding diaryl/α,β-unsaturated/α-hetero) is 2. The third-order valence-corrected chi connectivity index (χ3v) is 20.8. The van der Waals surface area contributed by atoms with E-state index in [2.05, 4.69) is 58.6 Å². The maximum absolute atomic E-state index is 13.2. The van der Waals surface area contributed by atoms with Crippen LogP contribution in [-0.2, 0) is 16.1 Å². The highest BCUT2D eigenvalue weighted by Crippen LogP contribution is 2.70. The number of aromatic amines is 1. The maximum atomic E-state index is 13.2. The molecule has 2 aromatic heterocycles. The summed E-state index contributed by atoms with van der Waals surface area (Å²) in [5.74, 6) is 5.97. The van der Waals surface area contributed by atoms with Crippen molar-refractivity contribution in [3.8, 4) is 0 Å². The minimum absolute atomic E-state index is 0. The summed E-state index contributed by atoms with van der Waals surface area (Å²) >= 11 is 3.43. The zero-order chi connectivity index (χ0) is 43.8. The van der Waals surface area contributed by atoms with Crippen LogP contribution in [0.15, 0.2) is 25.0 Å². The molecule has 8 saturated carbocycles. The van der Waals surface area contributed by atoms with E-state index in [1.807, 2.05) is 13.8 Å². The van der Waals surface area contributed by atoms with Gasteiger partial charge < -0.3 is 19.8 Å². The fourth-order valence-electron chi connectivity index (χ4n) is 17.0. The van der Waals surface area contributed by atoms with Crippen molar-refractivity contribution in [3.63, 3.8) is 0 Å². The Labute approximate surface area is 386 Å². The van der Waals surface area contributed by atoms with E-state index >= 15 is 0 Å². The molecule has 0 unspecified atom stereocenters. The molecule has 8 fully saturated rings. The Bertz CT molecular complexity index is 1890. The second-order valence-electron chi connectivity index (χ2n) is 23.4. The first-order valence-corrected chi connectivity index (χ1v) is 25.2. The number of imidazole rings is 2. The molecule has 8 aliphatic carbocycles. The van der Waals surface area contributed by atoms with Gasteiger partial charge in [-0.3, -0.25) is 9.59 Å². The van der Waals surface area contributed by atoms with Crippen LogP contribution in [0.4, 0.5) is 8.78 Å². The minimum Gasteiger partial charge on any atom is -0.390 e. The molecule has 0 amide bonds. The second-order valence-corrected chi connectivity index (χ2v) is 24.0. The van der Waals surface area contributed by atoms with Crippen LogP contribution in [0.1, 0.15) is 172 Å². The molecule has 0 bridgehead atoms. The third-order valence-electron chi connectivity index (χ3n) is 20.2. The van der Waals surface area contributed by atoms with Gasteiger partial charge in [-0.05, 0) is 198 Å². The van der Waals surface area contributed by atoms with Crippen molar-refractivity contribution in [1.82, 2.24) is 19.5 Å². The zero-order valence-corrected chi connectivity index (χ0v) is 39.5. The van der Waals surface area contributed by atoms with Gasteiger partial charge in [0.2, 0.25) is 11.9 Å². The van der Waals surface area contributed by atoms with Crippen LogP contribution < -0.4 is 0 Å². The minimum atomic E-state index is -0.518. The second kappa shape index (κ2) is 18.6. The molecule has 0 aromatic carbocycles. The Morgan fingerprint density at radius 2 is 1.16 bits per heavy atom. The van der Waals surface area contributed by atoms with Crippen molar-refractivity contribution in [1.29, 1.82) is 0 Å². The lowest BCUT2D eigenvalue weighted by molar-refractivity contribution is -0.151. The van der Waals surface area contributed by atoms with Gasteiger partial charge in [0.25, 0.3) is 0 Å². The van der Waals surface area contributed by atoms with Crippen LogP contribution in [0.3, 0.4) is 0 Å². The fraction of sp³-hybridized carbons (Fsp3) is 0.846. The summed E-state index contributed by atoms with van der Waals surface area (Å²) < 4.78 is 26.4. The predicted octanol–water partition coefficient (Wildman–Crippen LogP) is 12.2. The zero-order valence-electron chi connectivity index (χ0n) is 37.9. The topological polar surface area (TPSA) is 121 Å². The van der Waals surface area contributed by atoms with E-state index in [1.165, 1.54) is 76.6 Å². The number of hydrogen-bond donors (Lipinski definition) is 3. The Hall–Kier alpha value is -1.98. The van der Waals surface area contributed by atoms with E-state index in [4.69, 9.17) is 0 Å². The summed E-state index contributed by atoms with van der Waals surface area (Å²) in [6.07, 6.45) is 25.9. The summed E-state index contributed by atoms with van der Waals surface area (Å²) in [7, 11) is 0. The first kappa shape index (κ1) is 50.4. The Morgan fingerprint density at radius 1 is 0.683 bits per heavy atom. The fourth-order valence-corrected chi connectivity index (χ4v) is 17.4. The molecule has 11 heteroatoms. The standard InChI is InChI=1S/C25H37FN2O2.C22H35BrO2.C3H3FN2.2CH4/c1-23(30)10-11-24(2)16(12-23)4-5-17-18-6-7-20(25(18,3)9-8-19(17)24)21(29)13-28-14-22(26)27-15-28;1-20(25)10-11-21(2)14(12-20)4-5-15-16-6-7-18(19(24)13-23)22(16,3)9-8-17(15)21;4-3-1-5-2-6-3;;/h14-20,30H,4-13H2,1-3H3;14-18,25H,4-13H2,1-3H3;1-2H,(H,5,6);2*1H4/t16-,17+,18+,19+,20-,23-,24+,25+;14-,15+,16+,17+,18-,20-,21+,22+;;;/m11.../s1. The number of halogens is 3. The largest absolute Gasteiger partial charge is 0.390 e. The lowest BCUT2D eigenvalue weighted by Gasteiger charge is -2.61. The first-order valence-electron chi connectivity index (χ1n) is 24.1. The van der Waals surface area contributed by atoms with Gasteiger partial charge in [-0.25, -0.2) is 9.97 Å². The normalized spacial score (nSPS) is 45.6. The van der Waals surface area contributed by atoms with Gasteiger partial charge >= 0.3 is 0 Å². The molecular weight excluding hydrogens is 862 g/mol. The van der Waals surface area contributed by atoms with Gasteiger partial charge in [0.1, 0.15) is 5.78 Å².